The number of H-pyrrole nitrogens is 2. The molecule has 0 fully saturated rings. The van der Waals surface area contributed by atoms with Crippen molar-refractivity contribution in [3.63, 3.8) is 0 Å². The Bertz CT molecular complexity index is 1880. The topological polar surface area (TPSA) is 82.3 Å². The number of fused-ring (bicyclic) bond motifs is 2. The Hall–Kier alpha value is -4.49. The van der Waals surface area contributed by atoms with Crippen LogP contribution >= 0.6 is 11.3 Å². The molecule has 0 unspecified atom stereocenters. The first-order chi connectivity index (χ1) is 18.7. The van der Waals surface area contributed by atoms with Gasteiger partial charge in [0, 0.05) is 50.2 Å². The van der Waals surface area contributed by atoms with Gasteiger partial charge in [0.1, 0.15) is 5.69 Å². The Kier molecular flexibility index (Phi) is 5.96. The molecule has 0 saturated carbocycles. The molecule has 194 valence electrons. The first kappa shape index (κ1) is 24.8. The van der Waals surface area contributed by atoms with Crippen LogP contribution in [0.25, 0.3) is 60.5 Å². The minimum atomic E-state index is -0.0496. The van der Waals surface area contributed by atoms with Crippen LogP contribution in [-0.4, -0.2) is 25.1 Å². The van der Waals surface area contributed by atoms with Crippen molar-refractivity contribution in [2.75, 3.05) is 5.32 Å². The lowest BCUT2D eigenvalue weighted by atomic mass is 9.93. The molecular formula is C32H30N6S. The van der Waals surface area contributed by atoms with Gasteiger partial charge in [-0.3, -0.25) is 15.1 Å². The van der Waals surface area contributed by atoms with Crippen LogP contribution in [0, 0.1) is 5.41 Å². The van der Waals surface area contributed by atoms with E-state index >= 15 is 0 Å². The molecule has 0 saturated heterocycles. The quantitative estimate of drug-likeness (QED) is 0.201. The van der Waals surface area contributed by atoms with Gasteiger partial charge in [0.2, 0.25) is 0 Å². The number of anilines is 1. The zero-order valence-corrected chi connectivity index (χ0v) is 23.3. The van der Waals surface area contributed by atoms with E-state index in [0.717, 1.165) is 71.8 Å². The average molecular weight is 531 g/mol. The van der Waals surface area contributed by atoms with Crippen LogP contribution in [0.2, 0.25) is 0 Å². The van der Waals surface area contributed by atoms with E-state index in [-0.39, 0.29) is 5.41 Å². The van der Waals surface area contributed by atoms with Crippen molar-refractivity contribution < 1.29 is 0 Å². The number of aromatic amines is 2. The summed E-state index contributed by atoms with van der Waals surface area (Å²) in [5, 5.41) is 13.4. The van der Waals surface area contributed by atoms with E-state index in [1.165, 1.54) is 4.88 Å². The molecular weight excluding hydrogens is 500 g/mol. The Morgan fingerprint density at radius 3 is 2.49 bits per heavy atom. The molecule has 0 aliphatic heterocycles. The van der Waals surface area contributed by atoms with Gasteiger partial charge in [0.15, 0.2) is 0 Å². The van der Waals surface area contributed by atoms with E-state index in [4.69, 9.17) is 4.98 Å². The van der Waals surface area contributed by atoms with Crippen LogP contribution in [0.15, 0.2) is 86.0 Å². The Morgan fingerprint density at radius 2 is 1.72 bits per heavy atom. The number of rotatable bonds is 6. The van der Waals surface area contributed by atoms with Crippen LogP contribution in [0.3, 0.4) is 0 Å². The summed E-state index contributed by atoms with van der Waals surface area (Å²) >= 11 is 1.71. The van der Waals surface area contributed by atoms with Crippen molar-refractivity contribution in [3.8, 4) is 33.1 Å². The van der Waals surface area contributed by atoms with E-state index < -0.39 is 0 Å². The van der Waals surface area contributed by atoms with E-state index in [1.807, 2.05) is 31.6 Å². The summed E-state index contributed by atoms with van der Waals surface area (Å²) < 4.78 is 0. The van der Waals surface area contributed by atoms with Crippen molar-refractivity contribution >= 4 is 44.4 Å². The SMILES string of the molecule is C=C(C)c1ccc(-c2nccc3[nH]c(-c4n[nH]c5ccc(-c6cncc(NC(=C)C(C)(C)C)c6)cc45)cc23)s1. The molecule has 1 aromatic carbocycles. The van der Waals surface area contributed by atoms with Crippen molar-refractivity contribution in [1.29, 1.82) is 0 Å². The molecule has 0 spiro atoms. The Balaban J connectivity index is 1.39. The minimum absolute atomic E-state index is 0.0496. The van der Waals surface area contributed by atoms with Gasteiger partial charge in [-0.1, -0.05) is 40.0 Å². The van der Waals surface area contributed by atoms with Gasteiger partial charge in [0.25, 0.3) is 0 Å². The largest absolute Gasteiger partial charge is 0.358 e. The van der Waals surface area contributed by atoms with Crippen molar-refractivity contribution in [2.45, 2.75) is 27.7 Å². The number of pyridine rings is 2. The molecule has 5 aromatic heterocycles. The highest BCUT2D eigenvalue weighted by Crippen LogP contribution is 2.37. The molecule has 0 aliphatic carbocycles. The summed E-state index contributed by atoms with van der Waals surface area (Å²) in [6, 6.07) is 16.8. The predicted octanol–water partition coefficient (Wildman–Crippen LogP) is 8.90. The number of aromatic nitrogens is 5. The summed E-state index contributed by atoms with van der Waals surface area (Å²) in [6.45, 7) is 16.7. The summed E-state index contributed by atoms with van der Waals surface area (Å²) in [4.78, 5) is 15.1. The zero-order chi connectivity index (χ0) is 27.3. The first-order valence-corrected chi connectivity index (χ1v) is 13.6. The smallest absolute Gasteiger partial charge is 0.116 e. The number of hydrogen-bond donors (Lipinski definition) is 3. The zero-order valence-electron chi connectivity index (χ0n) is 22.5. The van der Waals surface area contributed by atoms with E-state index in [1.54, 1.807) is 11.3 Å². The molecule has 6 aromatic rings. The number of hydrogen-bond acceptors (Lipinski definition) is 5. The van der Waals surface area contributed by atoms with Crippen LogP contribution < -0.4 is 5.32 Å². The van der Waals surface area contributed by atoms with E-state index in [9.17, 15) is 0 Å². The summed E-state index contributed by atoms with van der Waals surface area (Å²) in [7, 11) is 0. The number of thiophene rings is 1. The Morgan fingerprint density at radius 1 is 0.897 bits per heavy atom. The van der Waals surface area contributed by atoms with Crippen molar-refractivity contribution in [2.24, 2.45) is 5.41 Å². The first-order valence-electron chi connectivity index (χ1n) is 12.8. The lowest BCUT2D eigenvalue weighted by molar-refractivity contribution is 0.509. The molecule has 6 rings (SSSR count). The molecule has 0 bridgehead atoms. The molecule has 39 heavy (non-hydrogen) atoms. The normalized spacial score (nSPS) is 11.8. The highest BCUT2D eigenvalue weighted by atomic mass is 32.1. The number of benzene rings is 1. The molecule has 5 heterocycles. The van der Waals surface area contributed by atoms with Gasteiger partial charge in [0.05, 0.1) is 33.7 Å². The monoisotopic (exact) mass is 530 g/mol. The second kappa shape index (κ2) is 9.36. The van der Waals surface area contributed by atoms with Crippen LogP contribution in [0.4, 0.5) is 5.69 Å². The summed E-state index contributed by atoms with van der Waals surface area (Å²) in [5.74, 6) is 0. The predicted molar refractivity (Wildman–Crippen MR) is 165 cm³/mol. The maximum atomic E-state index is 4.72. The fourth-order valence-corrected chi connectivity index (χ4v) is 5.44. The third-order valence-corrected chi connectivity index (χ3v) is 8.15. The molecule has 0 radical (unpaired) electrons. The fourth-order valence-electron chi connectivity index (χ4n) is 4.50. The number of nitrogens with one attached hydrogen (secondary N) is 3. The third kappa shape index (κ3) is 4.66. The van der Waals surface area contributed by atoms with Gasteiger partial charge >= 0.3 is 0 Å². The maximum Gasteiger partial charge on any atom is 0.116 e. The van der Waals surface area contributed by atoms with Crippen molar-refractivity contribution in [1.82, 2.24) is 25.1 Å². The molecule has 3 N–H and O–H groups in total. The second-order valence-corrected chi connectivity index (χ2v) is 12.0. The van der Waals surface area contributed by atoms with Crippen LogP contribution in [0.5, 0.6) is 0 Å². The van der Waals surface area contributed by atoms with Crippen LogP contribution in [-0.2, 0) is 0 Å². The third-order valence-electron chi connectivity index (χ3n) is 6.90. The van der Waals surface area contributed by atoms with Crippen LogP contribution in [0.1, 0.15) is 32.6 Å². The summed E-state index contributed by atoms with van der Waals surface area (Å²) in [5.41, 5.74) is 9.71. The average Bonchev–Trinajstić information content (AvgIpc) is 3.65. The van der Waals surface area contributed by atoms with Gasteiger partial charge in [-0.15, -0.1) is 11.3 Å². The molecule has 0 amide bonds. The maximum absolute atomic E-state index is 4.72. The molecule has 0 aliphatic rings. The molecule has 0 atom stereocenters. The standard InChI is InChI=1S/C32H30N6S/c1-18(2)28-9-10-29(39-28)31-24-15-27(36-25(24)11-12-34-31)30-23-14-20(7-8-26(23)37-38-30)21-13-22(17-33-16-21)35-19(3)32(4,5)6/h7-17,35-36H,1,3H2,2,4-6H3,(H,37,38). The van der Waals surface area contributed by atoms with E-state index in [0.29, 0.717) is 0 Å². The molecule has 7 heteroatoms. The van der Waals surface area contributed by atoms with Crippen molar-refractivity contribution in [3.05, 3.63) is 90.9 Å². The number of nitrogens with zero attached hydrogens (tertiary/aromatic N) is 3. The highest BCUT2D eigenvalue weighted by Gasteiger charge is 2.17. The minimum Gasteiger partial charge on any atom is -0.358 e. The molecule has 6 nitrogen and oxygen atoms in total. The van der Waals surface area contributed by atoms with Gasteiger partial charge < -0.3 is 10.3 Å². The Labute approximate surface area is 231 Å². The fraction of sp³-hybridized carbons (Fsp3) is 0.156. The summed E-state index contributed by atoms with van der Waals surface area (Å²) in [6.07, 6.45) is 5.56. The van der Waals surface area contributed by atoms with Gasteiger partial charge in [-0.25, -0.2) is 0 Å². The van der Waals surface area contributed by atoms with Gasteiger partial charge in [-0.05, 0) is 60.5 Å². The highest BCUT2D eigenvalue weighted by molar-refractivity contribution is 7.16. The number of allylic oxidation sites excluding steroid dienone is 2. The lowest BCUT2D eigenvalue weighted by Crippen LogP contribution is -2.15. The van der Waals surface area contributed by atoms with Gasteiger partial charge in [-0.2, -0.15) is 5.10 Å². The second-order valence-electron chi connectivity index (χ2n) is 10.9. The lowest BCUT2D eigenvalue weighted by Gasteiger charge is -2.23. The van der Waals surface area contributed by atoms with E-state index in [2.05, 4.69) is 102 Å².